The Labute approximate surface area is 286 Å². The Morgan fingerprint density at radius 2 is 1.53 bits per heavy atom. The zero-order valence-corrected chi connectivity index (χ0v) is 28.5. The van der Waals surface area contributed by atoms with Crippen molar-refractivity contribution in [2.75, 3.05) is 51.1 Å². The van der Waals surface area contributed by atoms with Crippen LogP contribution in [0.1, 0.15) is 69.1 Å². The van der Waals surface area contributed by atoms with Crippen molar-refractivity contribution in [3.05, 3.63) is 65.2 Å². The second kappa shape index (κ2) is 14.6. The first-order valence-electron chi connectivity index (χ1n) is 17.7. The molecule has 49 heavy (non-hydrogen) atoms. The van der Waals surface area contributed by atoms with Gasteiger partial charge in [0.15, 0.2) is 6.10 Å². The molecule has 0 aromatic heterocycles. The maximum absolute atomic E-state index is 13.9. The normalized spacial score (nSPS) is 21.8. The fourth-order valence-corrected chi connectivity index (χ4v) is 7.71. The number of anilines is 1. The van der Waals surface area contributed by atoms with E-state index in [9.17, 15) is 27.6 Å². The number of hydrogen-bond donors (Lipinski definition) is 1. The lowest BCUT2D eigenvalue weighted by Gasteiger charge is -2.44. The molecule has 0 bridgehead atoms. The lowest BCUT2D eigenvalue weighted by atomic mass is 9.82. The van der Waals surface area contributed by atoms with Crippen molar-refractivity contribution in [2.24, 2.45) is 5.41 Å². The van der Waals surface area contributed by atoms with Crippen molar-refractivity contribution in [1.82, 2.24) is 19.6 Å². The molecule has 0 saturated carbocycles. The Morgan fingerprint density at radius 3 is 2.22 bits per heavy atom. The van der Waals surface area contributed by atoms with Crippen molar-refractivity contribution < 1.29 is 32.3 Å². The molecule has 4 aliphatic heterocycles. The average Bonchev–Trinajstić information content (AvgIpc) is 3.25. The predicted octanol–water partition coefficient (Wildman–Crippen LogP) is 6.42. The standard InChI is InChI=1S/C37H48F3N5O4/c1-36(2)15-22-42(23-16-36)29-11-17-43(18-12-29)33(46)32(25-26-6-5-8-28(24-26)37(38,39)40)49-35(48)44-19-13-30(14-20-44)45-21-10-27-7-3-4-9-31(27)41-34(45)47/h3-9,24,29-30,32H,10-23,25H2,1-2H3,(H,41,47)/t32-/m1/s1. The summed E-state index contributed by atoms with van der Waals surface area (Å²) in [5.41, 5.74) is 1.70. The molecular formula is C37H48F3N5O4. The highest BCUT2D eigenvalue weighted by molar-refractivity contribution is 5.91. The summed E-state index contributed by atoms with van der Waals surface area (Å²) in [5, 5.41) is 3.00. The summed E-state index contributed by atoms with van der Waals surface area (Å²) in [6, 6.07) is 12.8. The third-order valence-corrected chi connectivity index (χ3v) is 10.9. The number of rotatable bonds is 6. The summed E-state index contributed by atoms with van der Waals surface area (Å²) in [4.78, 5) is 48.1. The van der Waals surface area contributed by atoms with Crippen LogP contribution in [0.15, 0.2) is 48.5 Å². The highest BCUT2D eigenvalue weighted by Gasteiger charge is 2.38. The number of para-hydroxylation sites is 1. The van der Waals surface area contributed by atoms with E-state index in [1.165, 1.54) is 17.0 Å². The molecular weight excluding hydrogens is 635 g/mol. The van der Waals surface area contributed by atoms with Crippen LogP contribution >= 0.6 is 0 Å². The molecule has 2 aromatic carbocycles. The minimum absolute atomic E-state index is 0.0619. The number of likely N-dealkylation sites (tertiary alicyclic amines) is 3. The molecule has 1 N–H and O–H groups in total. The van der Waals surface area contributed by atoms with Gasteiger partial charge in [0, 0.05) is 56.9 Å². The van der Waals surface area contributed by atoms with E-state index in [0.29, 0.717) is 57.0 Å². The van der Waals surface area contributed by atoms with E-state index >= 15 is 0 Å². The van der Waals surface area contributed by atoms with E-state index in [0.717, 1.165) is 68.6 Å². The van der Waals surface area contributed by atoms with Crippen LogP contribution in [0.2, 0.25) is 0 Å². The molecule has 4 heterocycles. The number of ether oxygens (including phenoxy) is 1. The number of amides is 4. The third kappa shape index (κ3) is 8.51. The molecule has 1 atom stereocenters. The summed E-state index contributed by atoms with van der Waals surface area (Å²) in [5.74, 6) is -0.375. The number of carbonyl (C=O) groups is 3. The van der Waals surface area contributed by atoms with E-state index in [1.807, 2.05) is 29.2 Å². The monoisotopic (exact) mass is 683 g/mol. The maximum atomic E-state index is 13.9. The third-order valence-electron chi connectivity index (χ3n) is 10.9. The van der Waals surface area contributed by atoms with Crippen molar-refractivity contribution in [3.8, 4) is 0 Å². The minimum Gasteiger partial charge on any atom is -0.436 e. The van der Waals surface area contributed by atoms with Gasteiger partial charge in [0.05, 0.1) is 5.56 Å². The number of nitrogens with one attached hydrogen (secondary N) is 1. The van der Waals surface area contributed by atoms with Gasteiger partial charge in [0.25, 0.3) is 5.91 Å². The molecule has 0 unspecified atom stereocenters. The maximum Gasteiger partial charge on any atom is 0.416 e. The number of hydrogen-bond acceptors (Lipinski definition) is 5. The van der Waals surface area contributed by atoms with Gasteiger partial charge >= 0.3 is 18.3 Å². The molecule has 3 saturated heterocycles. The van der Waals surface area contributed by atoms with Crippen LogP contribution < -0.4 is 5.32 Å². The molecule has 266 valence electrons. The first kappa shape index (κ1) is 35.0. The molecule has 12 heteroatoms. The molecule has 4 aliphatic rings. The van der Waals surface area contributed by atoms with Crippen molar-refractivity contribution in [3.63, 3.8) is 0 Å². The van der Waals surface area contributed by atoms with E-state index in [-0.39, 0.29) is 30.0 Å². The summed E-state index contributed by atoms with van der Waals surface area (Å²) < 4.78 is 46.4. The van der Waals surface area contributed by atoms with Gasteiger partial charge in [-0.2, -0.15) is 13.2 Å². The van der Waals surface area contributed by atoms with Crippen LogP contribution in [0, 0.1) is 5.41 Å². The average molecular weight is 684 g/mol. The van der Waals surface area contributed by atoms with E-state index in [2.05, 4.69) is 24.1 Å². The summed E-state index contributed by atoms with van der Waals surface area (Å²) in [6.07, 6.45) is -0.898. The van der Waals surface area contributed by atoms with Crippen molar-refractivity contribution in [1.29, 1.82) is 0 Å². The second-order valence-electron chi connectivity index (χ2n) is 14.8. The van der Waals surface area contributed by atoms with E-state index < -0.39 is 23.9 Å². The van der Waals surface area contributed by atoms with Gasteiger partial charge in [-0.15, -0.1) is 0 Å². The van der Waals surface area contributed by atoms with Gasteiger partial charge in [-0.1, -0.05) is 50.2 Å². The Kier molecular flexibility index (Phi) is 10.4. The SMILES string of the molecule is CC1(C)CCN(C2CCN(C(=O)[C@@H](Cc3cccc(C(F)(F)F)c3)OC(=O)N3CCC(N4CCc5ccccc5NC4=O)CC3)CC2)CC1. The van der Waals surface area contributed by atoms with Crippen LogP contribution in [-0.2, 0) is 28.5 Å². The Hall–Kier alpha value is -3.80. The molecule has 0 spiro atoms. The topological polar surface area (TPSA) is 85.4 Å². The van der Waals surface area contributed by atoms with E-state index in [1.54, 1.807) is 4.90 Å². The number of piperidine rings is 3. The van der Waals surface area contributed by atoms with Gasteiger partial charge in [-0.05, 0) is 86.7 Å². The molecule has 0 aliphatic carbocycles. The van der Waals surface area contributed by atoms with Gasteiger partial charge < -0.3 is 29.7 Å². The lowest BCUT2D eigenvalue weighted by Crippen LogP contribution is -2.53. The Balaban J connectivity index is 1.08. The highest BCUT2D eigenvalue weighted by atomic mass is 19.4. The second-order valence-corrected chi connectivity index (χ2v) is 14.8. The van der Waals surface area contributed by atoms with Crippen molar-refractivity contribution >= 4 is 23.7 Å². The number of nitrogens with zero attached hydrogens (tertiary/aromatic N) is 4. The molecule has 3 fully saturated rings. The molecule has 9 nitrogen and oxygen atoms in total. The predicted molar refractivity (Wildman–Crippen MR) is 180 cm³/mol. The van der Waals surface area contributed by atoms with Crippen LogP contribution in [0.4, 0.5) is 28.4 Å². The van der Waals surface area contributed by atoms with Gasteiger partial charge in [-0.3, -0.25) is 4.79 Å². The molecule has 0 radical (unpaired) electrons. The summed E-state index contributed by atoms with van der Waals surface area (Å²) in [7, 11) is 0. The first-order valence-corrected chi connectivity index (χ1v) is 17.7. The largest absolute Gasteiger partial charge is 0.436 e. The van der Waals surface area contributed by atoms with E-state index in [4.69, 9.17) is 4.74 Å². The molecule has 4 amide bonds. The number of alkyl halides is 3. The van der Waals surface area contributed by atoms with Crippen LogP contribution in [0.3, 0.4) is 0 Å². The highest BCUT2D eigenvalue weighted by Crippen LogP contribution is 2.33. The minimum atomic E-state index is -4.53. The quantitative estimate of drug-likeness (QED) is 0.380. The zero-order valence-electron chi connectivity index (χ0n) is 28.5. The summed E-state index contributed by atoms with van der Waals surface area (Å²) in [6.45, 7) is 8.92. The molecule has 2 aromatic rings. The van der Waals surface area contributed by atoms with Gasteiger partial charge in [0.2, 0.25) is 0 Å². The fourth-order valence-electron chi connectivity index (χ4n) is 7.71. The fraction of sp³-hybridized carbons (Fsp3) is 0.595. The number of fused-ring (bicyclic) bond motifs is 1. The number of benzene rings is 2. The van der Waals surface area contributed by atoms with Gasteiger partial charge in [0.1, 0.15) is 0 Å². The van der Waals surface area contributed by atoms with Crippen LogP contribution in [0.25, 0.3) is 0 Å². The Bertz CT molecular complexity index is 1490. The number of halogens is 3. The number of urea groups is 1. The van der Waals surface area contributed by atoms with Gasteiger partial charge in [-0.25, -0.2) is 9.59 Å². The Morgan fingerprint density at radius 1 is 0.878 bits per heavy atom. The number of carbonyl (C=O) groups excluding carboxylic acids is 3. The first-order chi connectivity index (χ1) is 23.4. The van der Waals surface area contributed by atoms with Crippen molar-refractivity contribution in [2.45, 2.75) is 89.6 Å². The lowest BCUT2D eigenvalue weighted by molar-refractivity contribution is -0.142. The van der Waals surface area contributed by atoms with Crippen LogP contribution in [0.5, 0.6) is 0 Å². The molecule has 6 rings (SSSR count). The smallest absolute Gasteiger partial charge is 0.416 e. The van der Waals surface area contributed by atoms with Crippen LogP contribution in [-0.4, -0.2) is 102 Å². The zero-order chi connectivity index (χ0) is 34.8. The summed E-state index contributed by atoms with van der Waals surface area (Å²) >= 11 is 0.